The zero-order valence-electron chi connectivity index (χ0n) is 7.44. The Bertz CT molecular complexity index is 309. The summed E-state index contributed by atoms with van der Waals surface area (Å²) in [5, 5.41) is 20.9. The minimum Gasteiger partial charge on any atom is -0.396 e. The molecule has 1 heterocycles. The summed E-state index contributed by atoms with van der Waals surface area (Å²) in [5.74, 6) is 0.446. The Morgan fingerprint density at radius 1 is 1.64 bits per heavy atom. The van der Waals surface area contributed by atoms with Crippen LogP contribution in [0.1, 0.15) is 0 Å². The van der Waals surface area contributed by atoms with Gasteiger partial charge in [0.15, 0.2) is 0 Å². The molecule has 0 radical (unpaired) electrons. The number of rotatable bonds is 4. The van der Waals surface area contributed by atoms with Gasteiger partial charge in [-0.3, -0.25) is 0 Å². The molecule has 14 heavy (non-hydrogen) atoms. The summed E-state index contributed by atoms with van der Waals surface area (Å²) >= 11 is 5.65. The van der Waals surface area contributed by atoms with Gasteiger partial charge in [-0.1, -0.05) is 11.6 Å². The average molecular weight is 218 g/mol. The van der Waals surface area contributed by atoms with Crippen LogP contribution in [0.5, 0.6) is 0 Å². The number of anilines is 2. The van der Waals surface area contributed by atoms with Crippen LogP contribution in [-0.2, 0) is 0 Å². The van der Waals surface area contributed by atoms with Crippen molar-refractivity contribution in [2.75, 3.05) is 24.2 Å². The number of halogens is 1. The predicted octanol–water partition coefficient (Wildman–Crippen LogP) is 0.0823. The number of nitrogens with zero attached hydrogens (tertiary/aromatic N) is 1. The number of hydrogen-bond donors (Lipinski definition) is 4. The smallest absolute Gasteiger partial charge is 0.149 e. The highest BCUT2D eigenvalue weighted by Crippen LogP contribution is 2.18. The zero-order valence-corrected chi connectivity index (χ0v) is 8.20. The van der Waals surface area contributed by atoms with E-state index in [1.54, 1.807) is 6.07 Å². The zero-order chi connectivity index (χ0) is 10.6. The Hall–Kier alpha value is -1.04. The summed E-state index contributed by atoms with van der Waals surface area (Å²) < 4.78 is 0. The second-order valence-electron chi connectivity index (χ2n) is 2.81. The van der Waals surface area contributed by atoms with E-state index in [2.05, 4.69) is 10.3 Å². The summed E-state index contributed by atoms with van der Waals surface area (Å²) in [6, 6.07) is 1.56. The van der Waals surface area contributed by atoms with Gasteiger partial charge in [-0.15, -0.1) is 0 Å². The Labute approximate surface area is 86.5 Å². The maximum absolute atomic E-state index is 9.06. The van der Waals surface area contributed by atoms with Gasteiger partial charge >= 0.3 is 0 Å². The van der Waals surface area contributed by atoms with E-state index < -0.39 is 6.10 Å². The van der Waals surface area contributed by atoms with Gasteiger partial charge in [-0.2, -0.15) is 0 Å². The van der Waals surface area contributed by atoms with Gasteiger partial charge in [-0.25, -0.2) is 4.98 Å². The lowest BCUT2D eigenvalue weighted by molar-refractivity contribution is 0.105. The van der Waals surface area contributed by atoms with Crippen LogP contribution in [0.2, 0.25) is 5.02 Å². The topological polar surface area (TPSA) is 91.4 Å². The highest BCUT2D eigenvalue weighted by molar-refractivity contribution is 6.30. The first-order valence-corrected chi connectivity index (χ1v) is 4.45. The monoisotopic (exact) mass is 217 g/mol. The molecule has 1 unspecified atom stereocenters. The molecule has 0 aliphatic carbocycles. The molecule has 0 aliphatic heterocycles. The van der Waals surface area contributed by atoms with Crippen LogP contribution < -0.4 is 11.1 Å². The first-order chi connectivity index (χ1) is 6.63. The van der Waals surface area contributed by atoms with E-state index in [0.717, 1.165) is 0 Å². The summed E-state index contributed by atoms with van der Waals surface area (Å²) in [5.41, 5.74) is 6.00. The second-order valence-corrected chi connectivity index (χ2v) is 3.25. The second kappa shape index (κ2) is 4.99. The molecule has 0 saturated heterocycles. The fourth-order valence-electron chi connectivity index (χ4n) is 0.882. The van der Waals surface area contributed by atoms with Gasteiger partial charge in [0.1, 0.15) is 5.82 Å². The molecule has 0 fully saturated rings. The van der Waals surface area contributed by atoms with Crippen LogP contribution in [0.3, 0.4) is 0 Å². The molecule has 0 aromatic carbocycles. The van der Waals surface area contributed by atoms with E-state index in [4.69, 9.17) is 27.5 Å². The third-order valence-electron chi connectivity index (χ3n) is 1.60. The van der Waals surface area contributed by atoms with Gasteiger partial charge in [0, 0.05) is 12.7 Å². The number of pyridine rings is 1. The van der Waals surface area contributed by atoms with E-state index in [9.17, 15) is 0 Å². The van der Waals surface area contributed by atoms with Crippen LogP contribution >= 0.6 is 11.6 Å². The van der Waals surface area contributed by atoms with Crippen LogP contribution in [0, 0.1) is 0 Å². The highest BCUT2D eigenvalue weighted by atomic mass is 35.5. The number of aliphatic hydroxyl groups is 2. The van der Waals surface area contributed by atoms with Crippen molar-refractivity contribution in [1.29, 1.82) is 0 Å². The van der Waals surface area contributed by atoms with Crippen molar-refractivity contribution in [1.82, 2.24) is 4.98 Å². The van der Waals surface area contributed by atoms with Gasteiger partial charge in [0.2, 0.25) is 0 Å². The van der Waals surface area contributed by atoms with Crippen LogP contribution in [-0.4, -0.2) is 34.5 Å². The molecule has 6 heteroatoms. The molecule has 1 aromatic rings. The first kappa shape index (κ1) is 11.0. The third-order valence-corrected chi connectivity index (χ3v) is 1.81. The van der Waals surface area contributed by atoms with Gasteiger partial charge < -0.3 is 21.3 Å². The fraction of sp³-hybridized carbons (Fsp3) is 0.375. The number of nitrogen functional groups attached to an aromatic ring is 1. The van der Waals surface area contributed by atoms with Crippen molar-refractivity contribution in [3.63, 3.8) is 0 Å². The fourth-order valence-corrected chi connectivity index (χ4v) is 1.05. The number of hydrogen-bond acceptors (Lipinski definition) is 5. The third kappa shape index (κ3) is 3.02. The van der Waals surface area contributed by atoms with Gasteiger partial charge in [0.05, 0.1) is 23.4 Å². The Balaban J connectivity index is 2.59. The van der Waals surface area contributed by atoms with Crippen LogP contribution in [0.25, 0.3) is 0 Å². The Kier molecular flexibility index (Phi) is 3.94. The maximum atomic E-state index is 9.06. The van der Waals surface area contributed by atoms with Crippen molar-refractivity contribution in [2.45, 2.75) is 6.10 Å². The van der Waals surface area contributed by atoms with Crippen molar-refractivity contribution in [3.8, 4) is 0 Å². The standard InChI is InChI=1S/C8H12ClN3O2/c9-5-1-7(10)8(11-2-5)12-3-6(14)4-13/h1-2,6,13-14H,3-4,10H2,(H,11,12). The average Bonchev–Trinajstić information content (AvgIpc) is 2.16. The lowest BCUT2D eigenvalue weighted by Crippen LogP contribution is -2.23. The number of aliphatic hydroxyl groups excluding tert-OH is 2. The number of nitrogens with two attached hydrogens (primary N) is 1. The molecule has 0 aliphatic rings. The predicted molar refractivity (Wildman–Crippen MR) is 55.2 cm³/mol. The molecule has 1 rings (SSSR count). The van der Waals surface area contributed by atoms with E-state index >= 15 is 0 Å². The van der Waals surface area contributed by atoms with Crippen molar-refractivity contribution >= 4 is 23.1 Å². The lowest BCUT2D eigenvalue weighted by Gasteiger charge is -2.10. The molecular weight excluding hydrogens is 206 g/mol. The minimum atomic E-state index is -0.827. The van der Waals surface area contributed by atoms with E-state index in [0.29, 0.717) is 16.5 Å². The highest BCUT2D eigenvalue weighted by Gasteiger charge is 2.04. The molecule has 78 valence electrons. The summed E-state index contributed by atoms with van der Waals surface area (Å²) in [7, 11) is 0. The quantitative estimate of drug-likeness (QED) is 0.574. The van der Waals surface area contributed by atoms with Crippen LogP contribution in [0.15, 0.2) is 12.3 Å². The molecular formula is C8H12ClN3O2. The Morgan fingerprint density at radius 3 is 2.93 bits per heavy atom. The van der Waals surface area contributed by atoms with E-state index in [-0.39, 0.29) is 13.2 Å². The first-order valence-electron chi connectivity index (χ1n) is 4.07. The van der Waals surface area contributed by atoms with Gasteiger partial charge in [-0.05, 0) is 6.07 Å². The lowest BCUT2D eigenvalue weighted by atomic mass is 10.3. The molecule has 0 spiro atoms. The molecule has 5 nitrogen and oxygen atoms in total. The summed E-state index contributed by atoms with van der Waals surface area (Å²) in [4.78, 5) is 3.92. The van der Waals surface area contributed by atoms with Crippen molar-refractivity contribution < 1.29 is 10.2 Å². The molecule has 1 aromatic heterocycles. The van der Waals surface area contributed by atoms with E-state index in [1.807, 2.05) is 0 Å². The summed E-state index contributed by atoms with van der Waals surface area (Å²) in [6.07, 6.45) is 0.623. The Morgan fingerprint density at radius 2 is 2.36 bits per heavy atom. The number of nitrogens with one attached hydrogen (secondary N) is 1. The largest absolute Gasteiger partial charge is 0.396 e. The van der Waals surface area contributed by atoms with Crippen LogP contribution in [0.4, 0.5) is 11.5 Å². The minimum absolute atomic E-state index is 0.190. The normalized spacial score (nSPS) is 12.5. The molecule has 5 N–H and O–H groups in total. The van der Waals surface area contributed by atoms with E-state index in [1.165, 1.54) is 6.20 Å². The molecule has 0 bridgehead atoms. The summed E-state index contributed by atoms with van der Waals surface area (Å²) in [6.45, 7) is -0.115. The number of aromatic nitrogens is 1. The van der Waals surface area contributed by atoms with Gasteiger partial charge in [0.25, 0.3) is 0 Å². The van der Waals surface area contributed by atoms with Crippen molar-refractivity contribution in [3.05, 3.63) is 17.3 Å². The maximum Gasteiger partial charge on any atom is 0.149 e. The molecule has 0 amide bonds. The molecule has 0 saturated carbocycles. The SMILES string of the molecule is Nc1cc(Cl)cnc1NCC(O)CO. The van der Waals surface area contributed by atoms with Crippen molar-refractivity contribution in [2.24, 2.45) is 0 Å². The molecule has 1 atom stereocenters.